The summed E-state index contributed by atoms with van der Waals surface area (Å²) >= 11 is 0. The minimum absolute atomic E-state index is 0.102. The summed E-state index contributed by atoms with van der Waals surface area (Å²) in [4.78, 5) is 23.2. The maximum Gasteiger partial charge on any atom is 0.305 e. The molecule has 0 heterocycles. The molecule has 0 aliphatic carbocycles. The van der Waals surface area contributed by atoms with Gasteiger partial charge in [-0.1, -0.05) is 25.1 Å². The third-order valence-corrected chi connectivity index (χ3v) is 3.68. The average molecular weight is 325 g/mol. The predicted molar refractivity (Wildman–Crippen MR) is 84.6 cm³/mol. The molecular weight excluding hydrogens is 301 g/mol. The summed E-state index contributed by atoms with van der Waals surface area (Å²) in [5.74, 6) is -1.92. The average Bonchev–Trinajstić information content (AvgIpc) is 2.45. The van der Waals surface area contributed by atoms with Crippen molar-refractivity contribution in [1.82, 2.24) is 5.32 Å². The number of carboxylic acids is 1. The molecule has 2 N–H and O–H groups in total. The Morgan fingerprint density at radius 3 is 2.61 bits per heavy atom. The summed E-state index contributed by atoms with van der Waals surface area (Å²) in [5.41, 5.74) is -0.401. The van der Waals surface area contributed by atoms with Crippen molar-refractivity contribution in [2.45, 2.75) is 38.6 Å². The van der Waals surface area contributed by atoms with Crippen molar-refractivity contribution >= 4 is 11.9 Å². The van der Waals surface area contributed by atoms with Gasteiger partial charge in [0.05, 0.1) is 18.6 Å². The summed E-state index contributed by atoms with van der Waals surface area (Å²) in [5, 5.41) is 11.7. The van der Waals surface area contributed by atoms with Gasteiger partial charge in [0.15, 0.2) is 0 Å². The second-order valence-corrected chi connectivity index (χ2v) is 6.08. The number of amides is 1. The van der Waals surface area contributed by atoms with Crippen molar-refractivity contribution in [2.24, 2.45) is 5.92 Å². The topological polar surface area (TPSA) is 75.6 Å². The van der Waals surface area contributed by atoms with Gasteiger partial charge in [-0.3, -0.25) is 9.59 Å². The molecule has 23 heavy (non-hydrogen) atoms. The molecule has 2 atom stereocenters. The van der Waals surface area contributed by atoms with Gasteiger partial charge in [-0.05, 0) is 31.4 Å². The molecule has 0 bridgehead atoms. The number of carbonyl (C=O) groups is 2. The van der Waals surface area contributed by atoms with E-state index in [1.54, 1.807) is 32.0 Å². The lowest BCUT2D eigenvalue weighted by atomic mass is 9.95. The van der Waals surface area contributed by atoms with Crippen molar-refractivity contribution in [2.75, 3.05) is 13.7 Å². The number of hydrogen-bond acceptors (Lipinski definition) is 3. The summed E-state index contributed by atoms with van der Waals surface area (Å²) in [6, 6.07) is 6.46. The third kappa shape index (κ3) is 6.36. The lowest BCUT2D eigenvalue weighted by Gasteiger charge is -2.30. The third-order valence-electron chi connectivity index (χ3n) is 3.68. The molecule has 6 heteroatoms. The monoisotopic (exact) mass is 325 g/mol. The first-order valence-corrected chi connectivity index (χ1v) is 7.53. The molecule has 128 valence electrons. The minimum atomic E-state index is -1.01. The number of carbonyl (C=O) groups excluding carboxylic acids is 1. The SMILES string of the molecule is COCC(C)(CC(=O)O)NC(=O)C(C)CCc1ccccc1F. The number of hydrogen-bond donors (Lipinski definition) is 2. The number of benzene rings is 1. The molecule has 1 amide bonds. The fourth-order valence-corrected chi connectivity index (χ4v) is 2.41. The number of aryl methyl sites for hydroxylation is 1. The molecule has 0 aromatic heterocycles. The fourth-order valence-electron chi connectivity index (χ4n) is 2.41. The standard InChI is InChI=1S/C17H24FNO4/c1-12(8-9-13-6-4-5-7-14(13)18)16(22)19-17(2,11-23-3)10-15(20)21/h4-7,12H,8-11H2,1-3H3,(H,19,22)(H,20,21). The van der Waals surface area contributed by atoms with Gasteiger partial charge in [0.2, 0.25) is 5.91 Å². The van der Waals surface area contributed by atoms with E-state index in [2.05, 4.69) is 5.32 Å². The van der Waals surface area contributed by atoms with Crippen LogP contribution >= 0.6 is 0 Å². The van der Waals surface area contributed by atoms with E-state index in [-0.39, 0.29) is 30.7 Å². The smallest absolute Gasteiger partial charge is 0.305 e. The number of aliphatic carboxylic acids is 1. The maximum absolute atomic E-state index is 13.6. The number of rotatable bonds is 9. The van der Waals surface area contributed by atoms with E-state index in [4.69, 9.17) is 9.84 Å². The van der Waals surface area contributed by atoms with E-state index in [1.807, 2.05) is 0 Å². The van der Waals surface area contributed by atoms with Gasteiger partial charge in [-0.2, -0.15) is 0 Å². The van der Waals surface area contributed by atoms with Crippen LogP contribution in [0.25, 0.3) is 0 Å². The van der Waals surface area contributed by atoms with Crippen LogP contribution in [0.5, 0.6) is 0 Å². The fraction of sp³-hybridized carbons (Fsp3) is 0.529. The van der Waals surface area contributed by atoms with Crippen molar-refractivity contribution in [1.29, 1.82) is 0 Å². The van der Waals surface area contributed by atoms with E-state index in [0.29, 0.717) is 18.4 Å². The summed E-state index contributed by atoms with van der Waals surface area (Å²) < 4.78 is 18.6. The molecule has 0 spiro atoms. The van der Waals surface area contributed by atoms with Gasteiger partial charge in [-0.15, -0.1) is 0 Å². The molecule has 0 aliphatic heterocycles. The lowest BCUT2D eigenvalue weighted by Crippen LogP contribution is -2.52. The van der Waals surface area contributed by atoms with E-state index < -0.39 is 11.5 Å². The Hall–Kier alpha value is -1.95. The zero-order valence-electron chi connectivity index (χ0n) is 13.8. The molecule has 0 fully saturated rings. The van der Waals surface area contributed by atoms with Crippen molar-refractivity contribution in [3.63, 3.8) is 0 Å². The van der Waals surface area contributed by atoms with Gasteiger partial charge in [0.25, 0.3) is 0 Å². The molecule has 5 nitrogen and oxygen atoms in total. The van der Waals surface area contributed by atoms with Gasteiger partial charge in [0, 0.05) is 13.0 Å². The van der Waals surface area contributed by atoms with Gasteiger partial charge in [-0.25, -0.2) is 4.39 Å². The van der Waals surface area contributed by atoms with Crippen molar-refractivity contribution in [3.8, 4) is 0 Å². The van der Waals surface area contributed by atoms with E-state index >= 15 is 0 Å². The molecule has 2 unspecified atom stereocenters. The highest BCUT2D eigenvalue weighted by molar-refractivity contribution is 5.80. The van der Waals surface area contributed by atoms with Gasteiger partial charge >= 0.3 is 5.97 Å². The molecule has 1 aromatic rings. The molecule has 0 aliphatic rings. The van der Waals surface area contributed by atoms with Crippen LogP contribution in [0.4, 0.5) is 4.39 Å². The van der Waals surface area contributed by atoms with Gasteiger partial charge in [0.1, 0.15) is 5.82 Å². The van der Waals surface area contributed by atoms with E-state index in [1.165, 1.54) is 13.2 Å². The first kappa shape index (κ1) is 19.1. The van der Waals surface area contributed by atoms with Crippen LogP contribution < -0.4 is 5.32 Å². The summed E-state index contributed by atoms with van der Waals surface area (Å²) in [7, 11) is 1.45. The van der Waals surface area contributed by atoms with Crippen LogP contribution in [0.1, 0.15) is 32.3 Å². The number of halogens is 1. The Labute approximate surface area is 135 Å². The Morgan fingerprint density at radius 2 is 2.04 bits per heavy atom. The largest absolute Gasteiger partial charge is 0.481 e. The zero-order valence-corrected chi connectivity index (χ0v) is 13.8. The molecule has 0 saturated carbocycles. The minimum Gasteiger partial charge on any atom is -0.481 e. The highest BCUT2D eigenvalue weighted by Gasteiger charge is 2.31. The number of nitrogens with one attached hydrogen (secondary N) is 1. The Kier molecular flexibility index (Phi) is 7.16. The first-order chi connectivity index (χ1) is 10.8. The molecule has 0 radical (unpaired) electrons. The van der Waals surface area contributed by atoms with Crippen molar-refractivity contribution < 1.29 is 23.8 Å². The lowest BCUT2D eigenvalue weighted by molar-refractivity contribution is -0.140. The Bertz CT molecular complexity index is 549. The predicted octanol–water partition coefficient (Wildman–Crippen LogP) is 2.39. The van der Waals surface area contributed by atoms with Crippen LogP contribution in [0.2, 0.25) is 0 Å². The number of methoxy groups -OCH3 is 1. The molecule has 1 rings (SSSR count). The summed E-state index contributed by atoms with van der Waals surface area (Å²) in [6.45, 7) is 3.47. The molecular formula is C17H24FNO4. The number of carboxylic acid groups (broad SMARTS) is 1. The quantitative estimate of drug-likeness (QED) is 0.731. The second-order valence-electron chi connectivity index (χ2n) is 6.08. The van der Waals surface area contributed by atoms with E-state index in [0.717, 1.165) is 0 Å². The first-order valence-electron chi connectivity index (χ1n) is 7.53. The maximum atomic E-state index is 13.6. The van der Waals surface area contributed by atoms with Crippen LogP contribution in [-0.4, -0.2) is 36.2 Å². The second kappa shape index (κ2) is 8.62. The Balaban J connectivity index is 2.61. The number of ether oxygens (including phenoxy) is 1. The van der Waals surface area contributed by atoms with Crippen molar-refractivity contribution in [3.05, 3.63) is 35.6 Å². The zero-order chi connectivity index (χ0) is 17.5. The van der Waals surface area contributed by atoms with Crippen LogP contribution in [0.3, 0.4) is 0 Å². The van der Waals surface area contributed by atoms with E-state index in [9.17, 15) is 14.0 Å². The Morgan fingerprint density at radius 1 is 1.39 bits per heavy atom. The van der Waals surface area contributed by atoms with Crippen LogP contribution in [-0.2, 0) is 20.7 Å². The molecule has 1 aromatic carbocycles. The van der Waals surface area contributed by atoms with Crippen LogP contribution in [0.15, 0.2) is 24.3 Å². The summed E-state index contributed by atoms with van der Waals surface area (Å²) in [6.07, 6.45) is 0.691. The highest BCUT2D eigenvalue weighted by atomic mass is 19.1. The highest BCUT2D eigenvalue weighted by Crippen LogP contribution is 2.16. The molecule has 0 saturated heterocycles. The van der Waals surface area contributed by atoms with Gasteiger partial charge < -0.3 is 15.2 Å². The normalized spacial score (nSPS) is 14.8. The van der Waals surface area contributed by atoms with Crippen LogP contribution in [0, 0.1) is 11.7 Å².